The number of likely N-dealkylation sites (N-methyl/N-ethyl adjacent to an activating group) is 1. The van der Waals surface area contributed by atoms with Gasteiger partial charge in [0.05, 0.1) is 23.6 Å². The molecule has 2 N–H and O–H groups in total. The third kappa shape index (κ3) is 4.51. The van der Waals surface area contributed by atoms with Gasteiger partial charge in [0.2, 0.25) is 5.95 Å². The summed E-state index contributed by atoms with van der Waals surface area (Å²) in [5.74, 6) is -0.143. The zero-order chi connectivity index (χ0) is 25.6. The van der Waals surface area contributed by atoms with Crippen LogP contribution in [0.25, 0.3) is 22.2 Å². The number of H-pyrrole nitrogens is 1. The Morgan fingerprint density at radius 2 is 1.92 bits per heavy atom. The van der Waals surface area contributed by atoms with E-state index in [1.54, 1.807) is 6.07 Å². The van der Waals surface area contributed by atoms with Crippen LogP contribution >= 0.6 is 0 Å². The molecule has 0 saturated carbocycles. The SMILES string of the molecule is Cc1[nH]c2c(F)cc(-c3nc(Nc4ccc(N5CCC(N(C)C)C5)cn4)ncc3F)cc2c1C(C)C. The summed E-state index contributed by atoms with van der Waals surface area (Å²) < 4.78 is 29.8. The molecule has 1 fully saturated rings. The van der Waals surface area contributed by atoms with Crippen molar-refractivity contribution in [3.05, 3.63) is 59.6 Å². The quantitative estimate of drug-likeness (QED) is 0.365. The normalized spacial score (nSPS) is 16.0. The summed E-state index contributed by atoms with van der Waals surface area (Å²) in [6.07, 6.45) is 4.03. The molecule has 0 spiro atoms. The van der Waals surface area contributed by atoms with Gasteiger partial charge in [-0.2, -0.15) is 0 Å². The molecule has 0 aliphatic carbocycles. The first-order chi connectivity index (χ1) is 17.2. The van der Waals surface area contributed by atoms with Gasteiger partial charge < -0.3 is 20.1 Å². The van der Waals surface area contributed by atoms with E-state index in [-0.39, 0.29) is 17.6 Å². The van der Waals surface area contributed by atoms with E-state index in [1.165, 1.54) is 6.07 Å². The first-order valence-electron chi connectivity index (χ1n) is 12.2. The van der Waals surface area contributed by atoms with Gasteiger partial charge in [-0.1, -0.05) is 13.8 Å². The summed E-state index contributed by atoms with van der Waals surface area (Å²) in [4.78, 5) is 20.6. The number of benzene rings is 1. The highest BCUT2D eigenvalue weighted by Gasteiger charge is 2.24. The van der Waals surface area contributed by atoms with Crippen LogP contribution in [0.3, 0.4) is 0 Å². The zero-order valence-corrected chi connectivity index (χ0v) is 21.2. The molecular weight excluding hydrogens is 460 g/mol. The molecule has 36 heavy (non-hydrogen) atoms. The lowest BCUT2D eigenvalue weighted by Gasteiger charge is -2.21. The molecule has 3 aromatic heterocycles. The van der Waals surface area contributed by atoms with E-state index >= 15 is 0 Å². The molecule has 9 heteroatoms. The molecule has 4 heterocycles. The van der Waals surface area contributed by atoms with Crippen molar-refractivity contribution in [2.24, 2.45) is 0 Å². The number of aromatic nitrogens is 4. The molecule has 0 radical (unpaired) electrons. The van der Waals surface area contributed by atoms with E-state index in [4.69, 9.17) is 0 Å². The molecule has 1 unspecified atom stereocenters. The second kappa shape index (κ2) is 9.46. The van der Waals surface area contributed by atoms with Crippen LogP contribution in [0.5, 0.6) is 0 Å². The molecule has 1 aliphatic rings. The molecule has 0 amide bonds. The van der Waals surface area contributed by atoms with E-state index in [2.05, 4.69) is 63.0 Å². The van der Waals surface area contributed by atoms with Gasteiger partial charge in [0, 0.05) is 35.8 Å². The van der Waals surface area contributed by atoms with Crippen molar-refractivity contribution < 1.29 is 8.78 Å². The number of rotatable bonds is 6. The molecule has 1 aromatic carbocycles. The summed E-state index contributed by atoms with van der Waals surface area (Å²) in [5.41, 5.74) is 3.78. The Kier molecular flexibility index (Phi) is 6.34. The summed E-state index contributed by atoms with van der Waals surface area (Å²) in [6.45, 7) is 7.98. The van der Waals surface area contributed by atoms with Gasteiger partial charge in [-0.3, -0.25) is 0 Å². The summed E-state index contributed by atoms with van der Waals surface area (Å²) in [6, 6.07) is 7.49. The fraction of sp³-hybridized carbons (Fsp3) is 0.370. The van der Waals surface area contributed by atoms with Crippen molar-refractivity contribution in [2.45, 2.75) is 39.2 Å². The monoisotopic (exact) mass is 491 g/mol. The van der Waals surface area contributed by atoms with Gasteiger partial charge in [-0.25, -0.2) is 23.7 Å². The average molecular weight is 492 g/mol. The predicted octanol–water partition coefficient (Wildman–Crippen LogP) is 5.61. The third-order valence-electron chi connectivity index (χ3n) is 6.94. The van der Waals surface area contributed by atoms with Gasteiger partial charge in [0.1, 0.15) is 17.3 Å². The van der Waals surface area contributed by atoms with Crippen molar-refractivity contribution in [3.8, 4) is 11.3 Å². The second-order valence-corrected chi connectivity index (χ2v) is 9.97. The fourth-order valence-electron chi connectivity index (χ4n) is 5.07. The molecule has 1 atom stereocenters. The Balaban J connectivity index is 1.41. The number of fused-ring (bicyclic) bond motifs is 1. The Hall–Kier alpha value is -3.59. The first kappa shape index (κ1) is 24.1. The number of halogens is 2. The number of nitrogens with zero attached hydrogens (tertiary/aromatic N) is 5. The molecule has 5 rings (SSSR count). The number of pyridine rings is 1. The highest BCUT2D eigenvalue weighted by atomic mass is 19.1. The molecule has 0 bridgehead atoms. The summed E-state index contributed by atoms with van der Waals surface area (Å²) in [5, 5.41) is 3.78. The van der Waals surface area contributed by atoms with Gasteiger partial charge in [0.25, 0.3) is 0 Å². The van der Waals surface area contributed by atoms with E-state index in [0.717, 1.165) is 48.0 Å². The molecule has 4 aromatic rings. The van der Waals surface area contributed by atoms with E-state index < -0.39 is 11.6 Å². The van der Waals surface area contributed by atoms with Crippen LogP contribution in [0.1, 0.15) is 37.4 Å². The Bertz CT molecular complexity index is 1400. The molecule has 1 saturated heterocycles. The number of hydrogen-bond acceptors (Lipinski definition) is 6. The number of hydrogen-bond donors (Lipinski definition) is 2. The molecule has 7 nitrogen and oxygen atoms in total. The van der Waals surface area contributed by atoms with Crippen LogP contribution in [0, 0.1) is 18.6 Å². The maximum atomic E-state index is 15.0. The Morgan fingerprint density at radius 1 is 1.11 bits per heavy atom. The van der Waals surface area contributed by atoms with Gasteiger partial charge in [-0.15, -0.1) is 0 Å². The van der Waals surface area contributed by atoms with Gasteiger partial charge in [0.15, 0.2) is 5.82 Å². The van der Waals surface area contributed by atoms with Crippen LogP contribution in [-0.4, -0.2) is 58.1 Å². The highest BCUT2D eigenvalue weighted by molar-refractivity contribution is 5.89. The lowest BCUT2D eigenvalue weighted by molar-refractivity contribution is 0.315. The molecular formula is C27H31F2N7. The van der Waals surface area contributed by atoms with Crippen LogP contribution in [0.4, 0.5) is 26.2 Å². The lowest BCUT2D eigenvalue weighted by atomic mass is 9.98. The number of aromatic amines is 1. The second-order valence-electron chi connectivity index (χ2n) is 9.97. The highest BCUT2D eigenvalue weighted by Crippen LogP contribution is 2.34. The number of nitrogens with one attached hydrogen (secondary N) is 2. The Morgan fingerprint density at radius 3 is 2.58 bits per heavy atom. The largest absolute Gasteiger partial charge is 0.369 e. The minimum absolute atomic E-state index is 0.0327. The number of anilines is 3. The van der Waals surface area contributed by atoms with Crippen molar-refractivity contribution in [1.82, 2.24) is 24.8 Å². The van der Waals surface area contributed by atoms with Crippen molar-refractivity contribution in [1.29, 1.82) is 0 Å². The molecule has 188 valence electrons. The van der Waals surface area contributed by atoms with Crippen molar-refractivity contribution in [3.63, 3.8) is 0 Å². The average Bonchev–Trinajstić information content (AvgIpc) is 3.46. The van der Waals surface area contributed by atoms with Crippen LogP contribution < -0.4 is 10.2 Å². The zero-order valence-electron chi connectivity index (χ0n) is 21.2. The third-order valence-corrected chi connectivity index (χ3v) is 6.94. The van der Waals surface area contributed by atoms with E-state index in [0.29, 0.717) is 22.9 Å². The van der Waals surface area contributed by atoms with Crippen molar-refractivity contribution >= 4 is 28.4 Å². The van der Waals surface area contributed by atoms with Gasteiger partial charge in [-0.05, 0) is 63.2 Å². The Labute approximate surface area is 209 Å². The standard InChI is InChI=1S/C27H31F2N7/c1-15(2)24-16(3)32-26-20(24)10-17(11-21(26)28)25-22(29)13-31-27(34-25)33-23-7-6-18(12-30-23)36-9-8-19(14-36)35(4)5/h6-7,10-13,15,19,32H,8-9,14H2,1-5H3,(H,30,31,33,34). The van der Waals surface area contributed by atoms with Crippen LogP contribution in [0.2, 0.25) is 0 Å². The summed E-state index contributed by atoms with van der Waals surface area (Å²) >= 11 is 0. The first-order valence-corrected chi connectivity index (χ1v) is 12.2. The van der Waals surface area contributed by atoms with E-state index in [9.17, 15) is 8.78 Å². The molecule has 1 aliphatic heterocycles. The smallest absolute Gasteiger partial charge is 0.229 e. The van der Waals surface area contributed by atoms with Gasteiger partial charge >= 0.3 is 0 Å². The lowest BCUT2D eigenvalue weighted by Crippen LogP contribution is -2.31. The summed E-state index contributed by atoms with van der Waals surface area (Å²) in [7, 11) is 4.21. The van der Waals surface area contributed by atoms with Crippen molar-refractivity contribution in [2.75, 3.05) is 37.4 Å². The van der Waals surface area contributed by atoms with E-state index in [1.807, 2.05) is 25.3 Å². The maximum absolute atomic E-state index is 15.0. The minimum Gasteiger partial charge on any atom is -0.369 e. The van der Waals surface area contributed by atoms with Crippen LogP contribution in [-0.2, 0) is 0 Å². The predicted molar refractivity (Wildman–Crippen MR) is 140 cm³/mol. The fourth-order valence-corrected chi connectivity index (χ4v) is 5.07. The minimum atomic E-state index is -0.620. The maximum Gasteiger partial charge on any atom is 0.229 e. The number of aryl methyl sites for hydroxylation is 1. The topological polar surface area (TPSA) is 73.0 Å². The van der Waals surface area contributed by atoms with Crippen LogP contribution in [0.15, 0.2) is 36.7 Å².